The summed E-state index contributed by atoms with van der Waals surface area (Å²) < 4.78 is 5.24. The Kier molecular flexibility index (Phi) is 4.53. The van der Waals surface area contributed by atoms with Gasteiger partial charge in [-0.15, -0.1) is 0 Å². The van der Waals surface area contributed by atoms with Gasteiger partial charge >= 0.3 is 0 Å². The van der Waals surface area contributed by atoms with Crippen molar-refractivity contribution >= 4 is 5.91 Å². The number of carbonyl (C=O) groups is 1. The first kappa shape index (κ1) is 14.5. The van der Waals surface area contributed by atoms with Crippen molar-refractivity contribution in [3.05, 3.63) is 11.7 Å². The molecule has 6 heteroatoms. The minimum atomic E-state index is 0.259. The van der Waals surface area contributed by atoms with Gasteiger partial charge in [-0.05, 0) is 39.2 Å². The Balaban J connectivity index is 1.42. The van der Waals surface area contributed by atoms with Crippen LogP contribution in [0.4, 0.5) is 0 Å². The van der Waals surface area contributed by atoms with Crippen LogP contribution in [-0.2, 0) is 11.2 Å². The molecule has 1 saturated carbocycles. The first-order chi connectivity index (χ1) is 10.3. The predicted molar refractivity (Wildman–Crippen MR) is 77.9 cm³/mol. The summed E-state index contributed by atoms with van der Waals surface area (Å²) in [5.41, 5.74) is 0. The molecule has 116 valence electrons. The zero-order valence-corrected chi connectivity index (χ0v) is 12.7. The highest BCUT2D eigenvalue weighted by molar-refractivity contribution is 5.76. The van der Waals surface area contributed by atoms with E-state index in [1.807, 2.05) is 11.9 Å². The van der Waals surface area contributed by atoms with E-state index in [1.165, 1.54) is 12.8 Å². The van der Waals surface area contributed by atoms with E-state index in [0.29, 0.717) is 30.7 Å². The van der Waals surface area contributed by atoms with Crippen molar-refractivity contribution < 1.29 is 9.32 Å². The number of hydrogen-bond acceptors (Lipinski definition) is 5. The number of amides is 1. The number of likely N-dealkylation sites (tertiary alicyclic amines) is 1. The smallest absolute Gasteiger partial charge is 0.226 e. The van der Waals surface area contributed by atoms with Crippen molar-refractivity contribution in [3.8, 4) is 0 Å². The van der Waals surface area contributed by atoms with Gasteiger partial charge < -0.3 is 14.7 Å². The Morgan fingerprint density at radius 2 is 2.29 bits per heavy atom. The maximum Gasteiger partial charge on any atom is 0.226 e. The molecule has 1 aromatic rings. The average Bonchev–Trinajstić information content (AvgIpc) is 3.04. The van der Waals surface area contributed by atoms with Crippen LogP contribution < -0.4 is 5.32 Å². The first-order valence-corrected chi connectivity index (χ1v) is 8.04. The van der Waals surface area contributed by atoms with Gasteiger partial charge in [0.25, 0.3) is 0 Å². The first-order valence-electron chi connectivity index (χ1n) is 8.04. The molecule has 2 aliphatic rings. The third kappa shape index (κ3) is 3.61. The van der Waals surface area contributed by atoms with Crippen LogP contribution in [0.15, 0.2) is 4.52 Å². The van der Waals surface area contributed by atoms with Crippen molar-refractivity contribution in [1.29, 1.82) is 0 Å². The molecular weight excluding hydrogens is 268 g/mol. The van der Waals surface area contributed by atoms with Crippen LogP contribution >= 0.6 is 0 Å². The van der Waals surface area contributed by atoms with E-state index in [1.54, 1.807) is 0 Å². The fourth-order valence-corrected chi connectivity index (χ4v) is 3.02. The summed E-state index contributed by atoms with van der Waals surface area (Å²) in [6.07, 6.45) is 6.65. The molecule has 2 fully saturated rings. The highest BCUT2D eigenvalue weighted by Gasteiger charge is 2.29. The van der Waals surface area contributed by atoms with Gasteiger partial charge in [-0.2, -0.15) is 4.98 Å². The third-order valence-electron chi connectivity index (χ3n) is 4.34. The molecular formula is C15H24N4O2. The lowest BCUT2D eigenvalue weighted by Gasteiger charge is -2.24. The number of hydrogen-bond donors (Lipinski definition) is 1. The Bertz CT molecular complexity index is 484. The number of aromatic nitrogens is 2. The molecule has 21 heavy (non-hydrogen) atoms. The number of nitrogens with zero attached hydrogens (tertiary/aromatic N) is 3. The standard InChI is InChI=1S/C15H24N4O2/c1-16-10-12-4-3-9-19(12)14(20)6-2-5-13-17-15(18-21-13)11-7-8-11/h11-12,16H,2-10H2,1H3. The molecule has 1 amide bonds. The maximum absolute atomic E-state index is 12.3. The van der Waals surface area contributed by atoms with Gasteiger partial charge in [0.15, 0.2) is 5.82 Å². The Labute approximate surface area is 125 Å². The average molecular weight is 292 g/mol. The van der Waals surface area contributed by atoms with E-state index in [-0.39, 0.29) is 5.91 Å². The number of nitrogens with one attached hydrogen (secondary N) is 1. The molecule has 0 bridgehead atoms. The molecule has 0 spiro atoms. The zero-order chi connectivity index (χ0) is 14.7. The minimum absolute atomic E-state index is 0.259. The summed E-state index contributed by atoms with van der Waals surface area (Å²) in [5, 5.41) is 7.17. The number of carbonyl (C=O) groups excluding carboxylic acids is 1. The minimum Gasteiger partial charge on any atom is -0.339 e. The predicted octanol–water partition coefficient (Wildman–Crippen LogP) is 1.48. The highest BCUT2D eigenvalue weighted by Crippen LogP contribution is 2.38. The van der Waals surface area contributed by atoms with Crippen LogP contribution in [0.25, 0.3) is 0 Å². The Hall–Kier alpha value is -1.43. The van der Waals surface area contributed by atoms with Gasteiger partial charge in [-0.25, -0.2) is 0 Å². The summed E-state index contributed by atoms with van der Waals surface area (Å²) in [6, 6.07) is 0.368. The van der Waals surface area contributed by atoms with Gasteiger partial charge in [0.2, 0.25) is 11.8 Å². The van der Waals surface area contributed by atoms with Crippen molar-refractivity contribution in [1.82, 2.24) is 20.4 Å². The SMILES string of the molecule is CNCC1CCCN1C(=O)CCCc1nc(C2CC2)no1. The molecule has 0 radical (unpaired) electrons. The summed E-state index contributed by atoms with van der Waals surface area (Å²) in [4.78, 5) is 18.7. The molecule has 1 aromatic heterocycles. The topological polar surface area (TPSA) is 71.3 Å². The fourth-order valence-electron chi connectivity index (χ4n) is 3.02. The third-order valence-corrected chi connectivity index (χ3v) is 4.34. The summed E-state index contributed by atoms with van der Waals surface area (Å²) in [6.45, 7) is 1.79. The van der Waals surface area contributed by atoms with E-state index < -0.39 is 0 Å². The van der Waals surface area contributed by atoms with Crippen molar-refractivity contribution in [3.63, 3.8) is 0 Å². The Morgan fingerprint density at radius 1 is 1.43 bits per heavy atom. The van der Waals surface area contributed by atoms with Gasteiger partial charge in [0, 0.05) is 37.9 Å². The van der Waals surface area contributed by atoms with Crippen LogP contribution in [-0.4, -0.2) is 47.1 Å². The largest absolute Gasteiger partial charge is 0.339 e. The summed E-state index contributed by atoms with van der Waals surface area (Å²) in [7, 11) is 1.94. The molecule has 6 nitrogen and oxygen atoms in total. The van der Waals surface area contributed by atoms with Crippen LogP contribution in [0, 0.1) is 0 Å². The van der Waals surface area contributed by atoms with E-state index in [4.69, 9.17) is 4.52 Å². The lowest BCUT2D eigenvalue weighted by atomic mass is 10.2. The molecule has 1 aliphatic heterocycles. The van der Waals surface area contributed by atoms with Crippen molar-refractivity contribution in [2.75, 3.05) is 20.1 Å². The molecule has 1 unspecified atom stereocenters. The second-order valence-electron chi connectivity index (χ2n) is 6.12. The molecule has 1 N–H and O–H groups in total. The summed E-state index contributed by atoms with van der Waals surface area (Å²) >= 11 is 0. The van der Waals surface area contributed by atoms with Crippen LogP contribution in [0.1, 0.15) is 56.2 Å². The van der Waals surface area contributed by atoms with Crippen LogP contribution in [0.5, 0.6) is 0 Å². The second kappa shape index (κ2) is 6.56. The van der Waals surface area contributed by atoms with Crippen LogP contribution in [0.3, 0.4) is 0 Å². The van der Waals surface area contributed by atoms with E-state index >= 15 is 0 Å². The monoisotopic (exact) mass is 292 g/mol. The highest BCUT2D eigenvalue weighted by atomic mass is 16.5. The van der Waals surface area contributed by atoms with E-state index in [9.17, 15) is 4.79 Å². The van der Waals surface area contributed by atoms with Gasteiger partial charge in [-0.1, -0.05) is 5.16 Å². The molecule has 3 rings (SSSR count). The second-order valence-corrected chi connectivity index (χ2v) is 6.12. The van der Waals surface area contributed by atoms with Crippen LogP contribution in [0.2, 0.25) is 0 Å². The van der Waals surface area contributed by atoms with Crippen molar-refractivity contribution in [2.45, 2.75) is 56.9 Å². The maximum atomic E-state index is 12.3. The number of likely N-dealkylation sites (N-methyl/N-ethyl adjacent to an activating group) is 1. The zero-order valence-electron chi connectivity index (χ0n) is 12.7. The summed E-state index contributed by atoms with van der Waals surface area (Å²) in [5.74, 6) is 2.31. The lowest BCUT2D eigenvalue weighted by Crippen LogP contribution is -2.40. The molecule has 1 atom stereocenters. The van der Waals surface area contributed by atoms with Gasteiger partial charge in [-0.3, -0.25) is 4.79 Å². The Morgan fingerprint density at radius 3 is 3.05 bits per heavy atom. The molecule has 0 aromatic carbocycles. The van der Waals surface area contributed by atoms with Gasteiger partial charge in [0.05, 0.1) is 0 Å². The number of aryl methyl sites for hydroxylation is 1. The molecule has 1 saturated heterocycles. The lowest BCUT2D eigenvalue weighted by molar-refractivity contribution is -0.132. The van der Waals surface area contributed by atoms with E-state index in [0.717, 1.165) is 38.2 Å². The van der Waals surface area contributed by atoms with Crippen molar-refractivity contribution in [2.24, 2.45) is 0 Å². The molecule has 1 aliphatic carbocycles. The van der Waals surface area contributed by atoms with Gasteiger partial charge in [0.1, 0.15) is 0 Å². The quantitative estimate of drug-likeness (QED) is 0.824. The normalized spacial score (nSPS) is 22.0. The molecule has 2 heterocycles. The van der Waals surface area contributed by atoms with E-state index in [2.05, 4.69) is 15.5 Å². The fraction of sp³-hybridized carbons (Fsp3) is 0.800. The number of rotatable bonds is 7.